The number of hydrogen-bond acceptors (Lipinski definition) is 5. The minimum Gasteiger partial charge on any atom is -0.407 e. The summed E-state index contributed by atoms with van der Waals surface area (Å²) in [5, 5.41) is 7.42. The molecule has 23 heavy (non-hydrogen) atoms. The maximum atomic E-state index is 13.1. The van der Waals surface area contributed by atoms with Crippen LogP contribution in [-0.2, 0) is 16.4 Å². The van der Waals surface area contributed by atoms with Gasteiger partial charge in [-0.1, -0.05) is 17.9 Å². The first-order chi connectivity index (χ1) is 10.9. The van der Waals surface area contributed by atoms with Crippen LogP contribution in [0.4, 0.5) is 14.8 Å². The summed E-state index contributed by atoms with van der Waals surface area (Å²) in [6.45, 7) is 0. The van der Waals surface area contributed by atoms with Gasteiger partial charge in [0.05, 0.1) is 4.90 Å². The van der Waals surface area contributed by atoms with E-state index in [1.165, 1.54) is 12.8 Å². The summed E-state index contributed by atoms with van der Waals surface area (Å²) in [6, 6.07) is 1.69. The molecule has 0 aliphatic heterocycles. The number of nitrogens with zero attached hydrogens (tertiary/aromatic N) is 2. The zero-order chi connectivity index (χ0) is 16.4. The molecule has 1 aromatic carbocycles. The topological polar surface area (TPSA) is 85.1 Å². The Labute approximate surface area is 132 Å². The van der Waals surface area contributed by atoms with Crippen molar-refractivity contribution in [3.63, 3.8) is 0 Å². The summed E-state index contributed by atoms with van der Waals surface area (Å²) in [5.41, 5.74) is 0. The zero-order valence-corrected chi connectivity index (χ0v) is 12.9. The fourth-order valence-electron chi connectivity index (χ4n) is 2.70. The molecule has 2 aromatic rings. The molecule has 0 bridgehead atoms. The molecule has 1 fully saturated rings. The van der Waals surface area contributed by atoms with E-state index >= 15 is 0 Å². The van der Waals surface area contributed by atoms with E-state index in [0.29, 0.717) is 36.4 Å². The highest BCUT2D eigenvalue weighted by Crippen LogP contribution is 2.28. The van der Waals surface area contributed by atoms with Crippen molar-refractivity contribution in [2.45, 2.75) is 37.0 Å². The van der Waals surface area contributed by atoms with Gasteiger partial charge in [0.2, 0.25) is 5.89 Å². The van der Waals surface area contributed by atoms with Gasteiger partial charge in [-0.3, -0.25) is 0 Å². The standard InChI is InChI=1S/C14H15F2N3O3S/c15-10-6-11(16)8-12(7-10)23(20,21)19-14-18-17-13(22-14)5-9-3-1-2-4-9/h6-9H,1-5H2,(H,18,19). The van der Waals surface area contributed by atoms with Crippen LogP contribution in [-0.4, -0.2) is 18.6 Å². The van der Waals surface area contributed by atoms with Crippen molar-refractivity contribution in [3.8, 4) is 0 Å². The summed E-state index contributed by atoms with van der Waals surface area (Å²) >= 11 is 0. The largest absolute Gasteiger partial charge is 0.407 e. The van der Waals surface area contributed by atoms with Crippen LogP contribution in [0.3, 0.4) is 0 Å². The number of anilines is 1. The van der Waals surface area contributed by atoms with Gasteiger partial charge in [0.25, 0.3) is 10.0 Å². The zero-order valence-electron chi connectivity index (χ0n) is 12.1. The monoisotopic (exact) mass is 343 g/mol. The predicted molar refractivity (Wildman–Crippen MR) is 77.1 cm³/mol. The van der Waals surface area contributed by atoms with E-state index in [1.54, 1.807) is 0 Å². The van der Waals surface area contributed by atoms with E-state index in [-0.39, 0.29) is 6.01 Å². The molecule has 1 aromatic heterocycles. The first-order valence-electron chi connectivity index (χ1n) is 7.24. The fourth-order valence-corrected chi connectivity index (χ4v) is 3.66. The third-order valence-corrected chi connectivity index (χ3v) is 5.07. The minimum atomic E-state index is -4.20. The molecule has 0 saturated heterocycles. The third-order valence-electron chi connectivity index (χ3n) is 3.77. The molecule has 0 spiro atoms. The van der Waals surface area contributed by atoms with Gasteiger partial charge in [-0.05, 0) is 30.9 Å². The van der Waals surface area contributed by atoms with Crippen molar-refractivity contribution in [1.29, 1.82) is 0 Å². The Morgan fingerprint density at radius 1 is 1.13 bits per heavy atom. The molecule has 0 atom stereocenters. The van der Waals surface area contributed by atoms with Crippen LogP contribution in [0.2, 0.25) is 0 Å². The lowest BCUT2D eigenvalue weighted by molar-refractivity contribution is 0.439. The number of sulfonamides is 1. The second-order valence-electron chi connectivity index (χ2n) is 5.57. The third kappa shape index (κ3) is 3.84. The number of halogens is 2. The van der Waals surface area contributed by atoms with E-state index in [9.17, 15) is 17.2 Å². The molecule has 1 heterocycles. The molecule has 124 valence electrons. The van der Waals surface area contributed by atoms with Crippen LogP contribution >= 0.6 is 0 Å². The Balaban J connectivity index is 1.74. The van der Waals surface area contributed by atoms with Crippen LogP contribution in [0, 0.1) is 17.6 Å². The second-order valence-corrected chi connectivity index (χ2v) is 7.25. The van der Waals surface area contributed by atoms with Gasteiger partial charge in [-0.25, -0.2) is 21.9 Å². The molecule has 9 heteroatoms. The molecule has 1 aliphatic carbocycles. The Hall–Kier alpha value is -2.03. The van der Waals surface area contributed by atoms with Gasteiger partial charge < -0.3 is 4.42 Å². The van der Waals surface area contributed by atoms with Gasteiger partial charge in [0.1, 0.15) is 11.6 Å². The van der Waals surface area contributed by atoms with Crippen LogP contribution in [0.1, 0.15) is 31.6 Å². The van der Waals surface area contributed by atoms with E-state index in [0.717, 1.165) is 12.8 Å². The predicted octanol–water partition coefficient (Wildman–Crippen LogP) is 2.88. The molecule has 0 radical (unpaired) electrons. The Morgan fingerprint density at radius 2 is 1.78 bits per heavy atom. The average molecular weight is 343 g/mol. The van der Waals surface area contributed by atoms with E-state index < -0.39 is 26.6 Å². The highest BCUT2D eigenvalue weighted by Gasteiger charge is 2.22. The normalized spacial score (nSPS) is 15.9. The lowest BCUT2D eigenvalue weighted by Crippen LogP contribution is -2.13. The summed E-state index contributed by atoms with van der Waals surface area (Å²) in [7, 11) is -4.20. The highest BCUT2D eigenvalue weighted by atomic mass is 32.2. The first-order valence-corrected chi connectivity index (χ1v) is 8.72. The van der Waals surface area contributed by atoms with E-state index in [2.05, 4.69) is 10.2 Å². The Kier molecular flexibility index (Phi) is 4.29. The summed E-state index contributed by atoms with van der Waals surface area (Å²) in [4.78, 5) is -0.550. The second kappa shape index (κ2) is 6.23. The average Bonchev–Trinajstić information content (AvgIpc) is 3.10. The quantitative estimate of drug-likeness (QED) is 0.902. The molecule has 3 rings (SSSR count). The number of nitrogens with one attached hydrogen (secondary N) is 1. The number of aromatic nitrogens is 2. The molecule has 1 N–H and O–H groups in total. The number of rotatable bonds is 5. The van der Waals surface area contributed by atoms with Crippen LogP contribution in [0.15, 0.2) is 27.5 Å². The highest BCUT2D eigenvalue weighted by molar-refractivity contribution is 7.92. The molecule has 0 amide bonds. The van der Waals surface area contributed by atoms with E-state index in [4.69, 9.17) is 4.42 Å². The SMILES string of the molecule is O=S(=O)(Nc1nnc(CC2CCCC2)o1)c1cc(F)cc(F)c1. The van der Waals surface area contributed by atoms with Gasteiger partial charge >= 0.3 is 6.01 Å². The maximum absolute atomic E-state index is 13.1. The van der Waals surface area contributed by atoms with Gasteiger partial charge in [-0.15, -0.1) is 5.10 Å². The van der Waals surface area contributed by atoms with E-state index in [1.807, 2.05) is 4.72 Å². The molecular formula is C14H15F2N3O3S. The summed E-state index contributed by atoms with van der Waals surface area (Å²) in [5.74, 6) is -1.16. The van der Waals surface area contributed by atoms with Crippen LogP contribution in [0.25, 0.3) is 0 Å². The molecule has 1 aliphatic rings. The number of hydrogen-bond donors (Lipinski definition) is 1. The van der Waals surface area contributed by atoms with Crippen LogP contribution in [0.5, 0.6) is 0 Å². The minimum absolute atomic E-state index is 0.317. The molecular weight excluding hydrogens is 328 g/mol. The Bertz CT molecular complexity index is 781. The molecule has 0 unspecified atom stereocenters. The van der Waals surface area contributed by atoms with Crippen molar-refractivity contribution in [2.24, 2.45) is 5.92 Å². The molecule has 6 nitrogen and oxygen atoms in total. The van der Waals surface area contributed by atoms with Gasteiger partial charge in [-0.2, -0.15) is 0 Å². The van der Waals surface area contributed by atoms with Crippen molar-refractivity contribution in [3.05, 3.63) is 35.7 Å². The summed E-state index contributed by atoms with van der Waals surface area (Å²) < 4.78 is 57.8. The lowest BCUT2D eigenvalue weighted by Gasteiger charge is -2.05. The summed E-state index contributed by atoms with van der Waals surface area (Å²) in [6.07, 6.45) is 5.12. The lowest BCUT2D eigenvalue weighted by atomic mass is 10.0. The van der Waals surface area contributed by atoms with Gasteiger partial charge in [0, 0.05) is 12.5 Å². The fraction of sp³-hybridized carbons (Fsp3) is 0.429. The maximum Gasteiger partial charge on any atom is 0.329 e. The van der Waals surface area contributed by atoms with Crippen molar-refractivity contribution in [1.82, 2.24) is 10.2 Å². The van der Waals surface area contributed by atoms with Crippen molar-refractivity contribution >= 4 is 16.0 Å². The smallest absolute Gasteiger partial charge is 0.329 e. The van der Waals surface area contributed by atoms with Crippen molar-refractivity contribution in [2.75, 3.05) is 4.72 Å². The first kappa shape index (κ1) is 15.9. The van der Waals surface area contributed by atoms with Crippen LogP contribution < -0.4 is 4.72 Å². The van der Waals surface area contributed by atoms with Gasteiger partial charge in [0.15, 0.2) is 0 Å². The Morgan fingerprint density at radius 3 is 2.43 bits per heavy atom. The number of benzene rings is 1. The van der Waals surface area contributed by atoms with Crippen molar-refractivity contribution < 1.29 is 21.6 Å². The molecule has 1 saturated carbocycles.